The molecule has 1 aromatic heterocycles. The molecule has 1 saturated carbocycles. The SMILES string of the molecule is C[C@H]1COCCN1C(=O)N1CC[C@@](O)(Cn2cnc(-c3ccccc3)cc2=O)C2(CCCC2)C1. The Bertz CT molecular complexity index is 1080. The first-order valence-corrected chi connectivity index (χ1v) is 12.4. The van der Waals surface area contributed by atoms with Gasteiger partial charge in [-0.05, 0) is 26.2 Å². The molecule has 1 aromatic carbocycles. The van der Waals surface area contributed by atoms with Gasteiger partial charge >= 0.3 is 6.03 Å². The van der Waals surface area contributed by atoms with Gasteiger partial charge in [0.2, 0.25) is 0 Å². The van der Waals surface area contributed by atoms with E-state index in [9.17, 15) is 14.7 Å². The lowest BCUT2D eigenvalue weighted by Gasteiger charge is -2.53. The van der Waals surface area contributed by atoms with E-state index in [2.05, 4.69) is 4.98 Å². The van der Waals surface area contributed by atoms with Gasteiger partial charge in [-0.15, -0.1) is 0 Å². The zero-order chi connectivity index (χ0) is 23.8. The lowest BCUT2D eigenvalue weighted by Crippen LogP contribution is -2.64. The van der Waals surface area contributed by atoms with Crippen molar-refractivity contribution in [2.24, 2.45) is 5.41 Å². The number of morpholine rings is 1. The molecule has 2 aliphatic heterocycles. The number of aliphatic hydroxyl groups is 1. The third-order valence-electron chi connectivity index (χ3n) is 8.10. The van der Waals surface area contributed by atoms with E-state index in [0.717, 1.165) is 31.2 Å². The number of hydrogen-bond acceptors (Lipinski definition) is 5. The molecule has 0 radical (unpaired) electrons. The van der Waals surface area contributed by atoms with Crippen LogP contribution in [0.3, 0.4) is 0 Å². The molecule has 3 aliphatic rings. The van der Waals surface area contributed by atoms with E-state index in [1.807, 2.05) is 47.1 Å². The van der Waals surface area contributed by atoms with Gasteiger partial charge in [-0.3, -0.25) is 9.36 Å². The van der Waals surface area contributed by atoms with Crippen LogP contribution in [-0.4, -0.2) is 75.0 Å². The third-order valence-corrected chi connectivity index (χ3v) is 8.10. The van der Waals surface area contributed by atoms with E-state index >= 15 is 0 Å². The Labute approximate surface area is 200 Å². The molecule has 0 unspecified atom stereocenters. The Morgan fingerprint density at radius 1 is 1.18 bits per heavy atom. The Kier molecular flexibility index (Phi) is 6.20. The number of amides is 2. The van der Waals surface area contributed by atoms with Gasteiger partial charge in [-0.25, -0.2) is 9.78 Å². The summed E-state index contributed by atoms with van der Waals surface area (Å²) < 4.78 is 7.04. The van der Waals surface area contributed by atoms with Crippen molar-refractivity contribution in [2.75, 3.05) is 32.8 Å². The first-order valence-electron chi connectivity index (χ1n) is 12.4. The Balaban J connectivity index is 1.37. The second-order valence-electron chi connectivity index (χ2n) is 10.2. The number of likely N-dealkylation sites (tertiary alicyclic amines) is 1. The molecule has 0 bridgehead atoms. The standard InChI is InChI=1S/C26H34N4O4/c1-20-16-34-14-13-30(20)24(32)28-12-11-26(33,25(17-28)9-5-6-10-25)18-29-19-27-22(15-23(29)31)21-7-3-2-4-8-21/h2-4,7-8,15,19-20,33H,5-6,9-14,16-18H2,1H3/t20-,26+/m0/s1. The second-order valence-corrected chi connectivity index (χ2v) is 10.2. The summed E-state index contributed by atoms with van der Waals surface area (Å²) >= 11 is 0. The molecule has 3 fully saturated rings. The molecule has 1 spiro atoms. The van der Waals surface area contributed by atoms with Gasteiger partial charge in [0.25, 0.3) is 5.56 Å². The highest BCUT2D eigenvalue weighted by Gasteiger charge is 2.56. The van der Waals surface area contributed by atoms with E-state index in [1.165, 1.54) is 4.57 Å². The fourth-order valence-corrected chi connectivity index (χ4v) is 6.05. The Morgan fingerprint density at radius 3 is 2.65 bits per heavy atom. The fraction of sp³-hybridized carbons (Fsp3) is 0.577. The Morgan fingerprint density at radius 2 is 1.94 bits per heavy atom. The number of piperidine rings is 1. The molecule has 34 heavy (non-hydrogen) atoms. The zero-order valence-electron chi connectivity index (χ0n) is 19.9. The maximum absolute atomic E-state index is 13.3. The topological polar surface area (TPSA) is 87.9 Å². The molecule has 2 saturated heterocycles. The van der Waals surface area contributed by atoms with E-state index in [4.69, 9.17) is 4.74 Å². The van der Waals surface area contributed by atoms with Crippen LogP contribution in [-0.2, 0) is 11.3 Å². The summed E-state index contributed by atoms with van der Waals surface area (Å²) in [6.45, 7) is 4.94. The molecule has 2 atom stereocenters. The van der Waals surface area contributed by atoms with Crippen LogP contribution in [0.4, 0.5) is 4.79 Å². The van der Waals surface area contributed by atoms with Crippen molar-refractivity contribution in [3.63, 3.8) is 0 Å². The normalized spacial score (nSPS) is 26.7. The van der Waals surface area contributed by atoms with Crippen molar-refractivity contribution in [1.29, 1.82) is 0 Å². The maximum atomic E-state index is 13.3. The van der Waals surface area contributed by atoms with E-state index in [0.29, 0.717) is 45.0 Å². The van der Waals surface area contributed by atoms with Gasteiger partial charge in [-0.1, -0.05) is 43.2 Å². The predicted octanol–water partition coefficient (Wildman–Crippen LogP) is 2.75. The first kappa shape index (κ1) is 23.1. The number of carbonyl (C=O) groups is 1. The second kappa shape index (κ2) is 9.15. The molecule has 8 heteroatoms. The largest absolute Gasteiger partial charge is 0.387 e. The summed E-state index contributed by atoms with van der Waals surface area (Å²) in [4.78, 5) is 34.6. The monoisotopic (exact) mass is 466 g/mol. The minimum Gasteiger partial charge on any atom is -0.387 e. The van der Waals surface area contributed by atoms with Gasteiger partial charge in [0, 0.05) is 36.7 Å². The molecule has 2 aromatic rings. The van der Waals surface area contributed by atoms with Gasteiger partial charge in [0.05, 0.1) is 43.4 Å². The molecule has 3 heterocycles. The van der Waals surface area contributed by atoms with Crippen LogP contribution in [0.5, 0.6) is 0 Å². The zero-order valence-corrected chi connectivity index (χ0v) is 19.9. The number of hydrogen-bond donors (Lipinski definition) is 1. The molecule has 2 amide bonds. The highest BCUT2D eigenvalue weighted by Crippen LogP contribution is 2.51. The smallest absolute Gasteiger partial charge is 0.320 e. The van der Waals surface area contributed by atoms with E-state index < -0.39 is 11.0 Å². The summed E-state index contributed by atoms with van der Waals surface area (Å²) in [6, 6.07) is 11.2. The molecule has 1 N–H and O–H groups in total. The highest BCUT2D eigenvalue weighted by molar-refractivity contribution is 5.75. The number of rotatable bonds is 3. The highest BCUT2D eigenvalue weighted by atomic mass is 16.5. The predicted molar refractivity (Wildman–Crippen MR) is 128 cm³/mol. The summed E-state index contributed by atoms with van der Waals surface area (Å²) in [5.41, 5.74) is -0.118. The summed E-state index contributed by atoms with van der Waals surface area (Å²) in [6.07, 6.45) is 5.77. The average Bonchev–Trinajstić information content (AvgIpc) is 3.33. The van der Waals surface area contributed by atoms with Gasteiger partial charge in [-0.2, -0.15) is 0 Å². The summed E-state index contributed by atoms with van der Waals surface area (Å²) in [5, 5.41) is 12.0. The molecule has 1 aliphatic carbocycles. The van der Waals surface area contributed by atoms with Crippen LogP contribution in [0.25, 0.3) is 11.3 Å². The third kappa shape index (κ3) is 4.14. The number of nitrogens with zero attached hydrogens (tertiary/aromatic N) is 4. The summed E-state index contributed by atoms with van der Waals surface area (Å²) in [5.74, 6) is 0. The van der Waals surface area contributed by atoms with Gasteiger partial charge < -0.3 is 19.6 Å². The summed E-state index contributed by atoms with van der Waals surface area (Å²) in [7, 11) is 0. The quantitative estimate of drug-likeness (QED) is 0.752. The van der Waals surface area contributed by atoms with Crippen LogP contribution in [0, 0.1) is 5.41 Å². The number of carbonyl (C=O) groups excluding carboxylic acids is 1. The lowest BCUT2D eigenvalue weighted by molar-refractivity contribution is -0.137. The van der Waals surface area contributed by atoms with Crippen LogP contribution in [0.1, 0.15) is 39.0 Å². The van der Waals surface area contributed by atoms with Crippen molar-refractivity contribution in [2.45, 2.75) is 57.2 Å². The lowest BCUT2D eigenvalue weighted by atomic mass is 9.66. The van der Waals surface area contributed by atoms with Crippen LogP contribution >= 0.6 is 0 Å². The van der Waals surface area contributed by atoms with Crippen molar-refractivity contribution < 1.29 is 14.6 Å². The maximum Gasteiger partial charge on any atom is 0.320 e. The van der Waals surface area contributed by atoms with E-state index in [-0.39, 0.29) is 24.2 Å². The number of urea groups is 1. The van der Waals surface area contributed by atoms with Crippen molar-refractivity contribution in [1.82, 2.24) is 19.4 Å². The molecular weight excluding hydrogens is 432 g/mol. The molecule has 5 rings (SSSR count). The van der Waals surface area contributed by atoms with Crippen LogP contribution in [0.15, 0.2) is 47.5 Å². The minimum absolute atomic E-state index is 0.0372. The molecular formula is C26H34N4O4. The number of ether oxygens (including phenoxy) is 1. The van der Waals surface area contributed by atoms with Crippen molar-refractivity contribution in [3.8, 4) is 11.3 Å². The van der Waals surface area contributed by atoms with E-state index in [1.54, 1.807) is 12.4 Å². The number of benzene rings is 1. The average molecular weight is 467 g/mol. The molecule has 182 valence electrons. The Hall–Kier alpha value is -2.71. The fourth-order valence-electron chi connectivity index (χ4n) is 6.05. The van der Waals surface area contributed by atoms with Crippen molar-refractivity contribution in [3.05, 3.63) is 53.1 Å². The first-order chi connectivity index (χ1) is 16.4. The van der Waals surface area contributed by atoms with Crippen LogP contribution in [0.2, 0.25) is 0 Å². The number of aromatic nitrogens is 2. The minimum atomic E-state index is -1.06. The van der Waals surface area contributed by atoms with Gasteiger partial charge in [0.15, 0.2) is 0 Å². The van der Waals surface area contributed by atoms with Crippen LogP contribution < -0.4 is 5.56 Å². The van der Waals surface area contributed by atoms with Gasteiger partial charge in [0.1, 0.15) is 0 Å². The van der Waals surface area contributed by atoms with Crippen molar-refractivity contribution >= 4 is 6.03 Å². The molecule has 8 nitrogen and oxygen atoms in total.